The maximum atomic E-state index is 11.0. The van der Waals surface area contributed by atoms with Crippen LogP contribution in [0.2, 0.25) is 0 Å². The van der Waals surface area contributed by atoms with Crippen LogP contribution < -0.4 is 16.0 Å². The highest BCUT2D eigenvalue weighted by Crippen LogP contribution is 2.36. The summed E-state index contributed by atoms with van der Waals surface area (Å²) in [6, 6.07) is 3.03. The first kappa shape index (κ1) is 14.5. The Morgan fingerprint density at radius 3 is 2.50 bits per heavy atom. The Morgan fingerprint density at radius 2 is 1.95 bits per heavy atom. The van der Waals surface area contributed by atoms with Crippen molar-refractivity contribution < 1.29 is 14.4 Å². The van der Waals surface area contributed by atoms with Crippen LogP contribution in [-0.2, 0) is 16.0 Å². The third kappa shape index (κ3) is 2.67. The fourth-order valence-electron chi connectivity index (χ4n) is 2.22. The lowest BCUT2D eigenvalue weighted by Crippen LogP contribution is -2.45. The summed E-state index contributed by atoms with van der Waals surface area (Å²) in [7, 11) is 4.90. The van der Waals surface area contributed by atoms with Crippen LogP contribution in [0, 0.1) is 10.1 Å². The summed E-state index contributed by atoms with van der Waals surface area (Å²) in [6.45, 7) is 0.507. The molecule has 0 saturated heterocycles. The van der Waals surface area contributed by atoms with Gasteiger partial charge in [0.1, 0.15) is 0 Å². The Morgan fingerprint density at radius 1 is 1.30 bits per heavy atom. The molecule has 0 spiro atoms. The van der Waals surface area contributed by atoms with E-state index in [-0.39, 0.29) is 11.9 Å². The normalized spacial score (nSPS) is 20.8. The molecule has 2 atom stereocenters. The molecule has 1 aromatic carbocycles. The van der Waals surface area contributed by atoms with E-state index in [4.69, 9.17) is 9.47 Å². The molecule has 1 aliphatic heterocycles. The number of fused-ring (bicyclic) bond motifs is 1. The molecule has 2 rings (SSSR count). The highest BCUT2D eigenvalue weighted by atomic mass is 16.6. The first-order chi connectivity index (χ1) is 9.60. The SMILES string of the molecule is CNCc1cc([N+](=O)[O-])cc2c1NC(OC)C(OC)N2. The van der Waals surface area contributed by atoms with Crippen LogP contribution in [0.4, 0.5) is 17.1 Å². The largest absolute Gasteiger partial charge is 0.357 e. The van der Waals surface area contributed by atoms with Crippen LogP contribution in [0.25, 0.3) is 0 Å². The van der Waals surface area contributed by atoms with Gasteiger partial charge in [-0.25, -0.2) is 0 Å². The van der Waals surface area contributed by atoms with Gasteiger partial charge < -0.3 is 25.4 Å². The number of nitrogens with one attached hydrogen (secondary N) is 3. The van der Waals surface area contributed by atoms with Gasteiger partial charge >= 0.3 is 0 Å². The highest BCUT2D eigenvalue weighted by Gasteiger charge is 2.30. The topological polar surface area (TPSA) is 97.7 Å². The smallest absolute Gasteiger partial charge is 0.271 e. The molecule has 0 aliphatic carbocycles. The number of non-ortho nitro benzene ring substituents is 1. The molecular formula is C12H18N4O4. The van der Waals surface area contributed by atoms with Gasteiger partial charge in [-0.1, -0.05) is 0 Å². The molecule has 0 amide bonds. The number of hydrogen-bond acceptors (Lipinski definition) is 7. The van der Waals surface area contributed by atoms with Gasteiger partial charge in [-0.15, -0.1) is 0 Å². The van der Waals surface area contributed by atoms with Crippen molar-refractivity contribution in [3.63, 3.8) is 0 Å². The zero-order chi connectivity index (χ0) is 14.7. The molecule has 20 heavy (non-hydrogen) atoms. The number of anilines is 2. The molecule has 2 unspecified atom stereocenters. The fraction of sp³-hybridized carbons (Fsp3) is 0.500. The summed E-state index contributed by atoms with van der Waals surface area (Å²) < 4.78 is 10.6. The fourth-order valence-corrected chi connectivity index (χ4v) is 2.22. The van der Waals surface area contributed by atoms with E-state index in [1.807, 2.05) is 0 Å². The maximum Gasteiger partial charge on any atom is 0.271 e. The second-order valence-electron chi connectivity index (χ2n) is 4.42. The van der Waals surface area contributed by atoms with E-state index in [1.54, 1.807) is 27.3 Å². The minimum absolute atomic E-state index is 0.0361. The molecule has 1 aliphatic rings. The van der Waals surface area contributed by atoms with Gasteiger partial charge in [0.05, 0.1) is 16.3 Å². The standard InChI is InChI=1S/C12H18N4O4/c1-13-6-7-4-8(16(17)18)5-9-10(7)15-12(20-3)11(14-9)19-2/h4-5,11-15H,6H2,1-3H3. The second kappa shape index (κ2) is 6.04. The van der Waals surface area contributed by atoms with Crippen molar-refractivity contribution in [1.82, 2.24) is 5.32 Å². The number of nitrogens with zero attached hydrogens (tertiary/aromatic N) is 1. The Labute approximate surface area is 116 Å². The number of methoxy groups -OCH3 is 2. The van der Waals surface area contributed by atoms with Crippen molar-refractivity contribution in [2.45, 2.75) is 19.0 Å². The van der Waals surface area contributed by atoms with Crippen LogP contribution in [0.5, 0.6) is 0 Å². The Hall–Kier alpha value is -1.90. The second-order valence-corrected chi connectivity index (χ2v) is 4.42. The molecule has 8 heteroatoms. The molecule has 0 bridgehead atoms. The first-order valence-corrected chi connectivity index (χ1v) is 6.15. The number of rotatable bonds is 5. The molecule has 1 aromatic rings. The lowest BCUT2D eigenvalue weighted by molar-refractivity contribution is -0.384. The minimum Gasteiger partial charge on any atom is -0.357 e. The van der Waals surface area contributed by atoms with E-state index in [0.29, 0.717) is 12.2 Å². The lowest BCUT2D eigenvalue weighted by atomic mass is 10.1. The first-order valence-electron chi connectivity index (χ1n) is 6.15. The van der Waals surface area contributed by atoms with Crippen LogP contribution in [0.15, 0.2) is 12.1 Å². The molecule has 0 fully saturated rings. The molecular weight excluding hydrogens is 264 g/mol. The van der Waals surface area contributed by atoms with E-state index in [2.05, 4.69) is 16.0 Å². The third-order valence-electron chi connectivity index (χ3n) is 3.15. The maximum absolute atomic E-state index is 11.0. The van der Waals surface area contributed by atoms with Crippen LogP contribution >= 0.6 is 0 Å². The van der Waals surface area contributed by atoms with Crippen LogP contribution in [-0.4, -0.2) is 38.6 Å². The van der Waals surface area contributed by atoms with E-state index >= 15 is 0 Å². The van der Waals surface area contributed by atoms with Gasteiger partial charge in [-0.3, -0.25) is 10.1 Å². The van der Waals surface area contributed by atoms with Crippen molar-refractivity contribution in [2.75, 3.05) is 31.9 Å². The number of nitro benzene ring substituents is 1. The predicted molar refractivity (Wildman–Crippen MR) is 74.7 cm³/mol. The van der Waals surface area contributed by atoms with Crippen LogP contribution in [0.3, 0.4) is 0 Å². The quantitative estimate of drug-likeness (QED) is 0.549. The Bertz CT molecular complexity index is 508. The van der Waals surface area contributed by atoms with Gasteiger partial charge in [0, 0.05) is 32.9 Å². The molecule has 110 valence electrons. The van der Waals surface area contributed by atoms with Crippen molar-refractivity contribution >= 4 is 17.1 Å². The lowest BCUT2D eigenvalue weighted by Gasteiger charge is -2.35. The Balaban J connectivity index is 2.45. The summed E-state index contributed by atoms with van der Waals surface area (Å²) in [6.07, 6.45) is -0.790. The monoisotopic (exact) mass is 282 g/mol. The van der Waals surface area contributed by atoms with Crippen LogP contribution in [0.1, 0.15) is 5.56 Å². The Kier molecular flexibility index (Phi) is 4.38. The summed E-state index contributed by atoms with van der Waals surface area (Å²) >= 11 is 0. The van der Waals surface area contributed by atoms with Crippen molar-refractivity contribution in [2.24, 2.45) is 0 Å². The van der Waals surface area contributed by atoms with Gasteiger partial charge in [0.25, 0.3) is 5.69 Å². The van der Waals surface area contributed by atoms with Crippen molar-refractivity contribution in [1.29, 1.82) is 0 Å². The van der Waals surface area contributed by atoms with Crippen molar-refractivity contribution in [3.05, 3.63) is 27.8 Å². The van der Waals surface area contributed by atoms with Gasteiger partial charge in [0.15, 0.2) is 12.5 Å². The minimum atomic E-state index is -0.420. The molecule has 0 radical (unpaired) electrons. The molecule has 3 N–H and O–H groups in total. The number of ether oxygens (including phenoxy) is 2. The number of nitro groups is 1. The van der Waals surface area contributed by atoms with Gasteiger partial charge in [-0.2, -0.15) is 0 Å². The number of benzene rings is 1. The summed E-state index contributed by atoms with van der Waals surface area (Å²) in [4.78, 5) is 10.6. The molecule has 0 saturated carbocycles. The summed E-state index contributed by atoms with van der Waals surface area (Å²) in [5.74, 6) is 0. The molecule has 1 heterocycles. The molecule has 8 nitrogen and oxygen atoms in total. The zero-order valence-electron chi connectivity index (χ0n) is 11.6. The van der Waals surface area contributed by atoms with E-state index in [9.17, 15) is 10.1 Å². The van der Waals surface area contributed by atoms with Gasteiger partial charge in [0.2, 0.25) is 0 Å². The average molecular weight is 282 g/mol. The average Bonchev–Trinajstić information content (AvgIpc) is 2.45. The zero-order valence-corrected chi connectivity index (χ0v) is 11.6. The summed E-state index contributed by atoms with van der Waals surface area (Å²) in [5, 5.41) is 20.3. The van der Waals surface area contributed by atoms with Crippen molar-refractivity contribution in [3.8, 4) is 0 Å². The van der Waals surface area contributed by atoms with E-state index in [0.717, 1.165) is 11.3 Å². The van der Waals surface area contributed by atoms with E-state index in [1.165, 1.54) is 6.07 Å². The molecule has 0 aromatic heterocycles. The van der Waals surface area contributed by atoms with E-state index < -0.39 is 11.2 Å². The predicted octanol–water partition coefficient (Wildman–Crippen LogP) is 1.10. The van der Waals surface area contributed by atoms with Gasteiger partial charge in [-0.05, 0) is 12.6 Å². The summed E-state index contributed by atoms with van der Waals surface area (Å²) in [5.41, 5.74) is 2.24. The highest BCUT2D eigenvalue weighted by molar-refractivity contribution is 5.78. The number of hydrogen-bond donors (Lipinski definition) is 3. The third-order valence-corrected chi connectivity index (χ3v) is 3.15.